The van der Waals surface area contributed by atoms with Crippen molar-refractivity contribution < 1.29 is 19.4 Å². The Balaban J connectivity index is 1.13. The van der Waals surface area contributed by atoms with Gasteiger partial charge in [-0.2, -0.15) is 0 Å². The van der Waals surface area contributed by atoms with Crippen molar-refractivity contribution in [3.63, 3.8) is 0 Å². The second-order valence-corrected chi connectivity index (χ2v) is 14.7. The van der Waals surface area contributed by atoms with Gasteiger partial charge in [0.15, 0.2) is 0 Å². The molecule has 0 unspecified atom stereocenters. The topological polar surface area (TPSA) is 128 Å². The number of aromatic amines is 2. The number of fused-ring (bicyclic) bond motifs is 6. The van der Waals surface area contributed by atoms with Crippen LogP contribution in [0.4, 0.5) is 4.79 Å². The van der Waals surface area contributed by atoms with Crippen molar-refractivity contribution in [2.24, 2.45) is 11.3 Å². The summed E-state index contributed by atoms with van der Waals surface area (Å²) in [6.45, 7) is 9.84. The van der Waals surface area contributed by atoms with Gasteiger partial charge in [-0.05, 0) is 77.9 Å². The molecule has 47 heavy (non-hydrogen) atoms. The Bertz CT molecular complexity index is 2020. The number of imidazole rings is 2. The zero-order valence-electron chi connectivity index (χ0n) is 27.6. The Labute approximate surface area is 273 Å². The van der Waals surface area contributed by atoms with E-state index < -0.39 is 17.0 Å². The van der Waals surface area contributed by atoms with Crippen LogP contribution in [0, 0.1) is 11.3 Å². The van der Waals surface area contributed by atoms with Crippen molar-refractivity contribution in [3.05, 3.63) is 65.9 Å². The van der Waals surface area contributed by atoms with Gasteiger partial charge in [0.2, 0.25) is 0 Å². The largest absolute Gasteiger partial charge is 0.488 e. The average Bonchev–Trinajstić information content (AvgIpc) is 3.85. The number of nitrogens with zero attached hydrogens (tertiary/aromatic N) is 3. The maximum absolute atomic E-state index is 12.6. The molecule has 3 aliphatic rings. The lowest BCUT2D eigenvalue weighted by atomic mass is 9.70. The van der Waals surface area contributed by atoms with Crippen LogP contribution in [0.25, 0.3) is 44.2 Å². The molecule has 8 rings (SSSR count). The van der Waals surface area contributed by atoms with Gasteiger partial charge in [0, 0.05) is 36.6 Å². The molecule has 2 saturated heterocycles. The number of methoxy groups -OCH3 is 1. The van der Waals surface area contributed by atoms with Crippen molar-refractivity contribution in [3.8, 4) is 28.1 Å². The second kappa shape index (κ2) is 10.8. The van der Waals surface area contributed by atoms with Crippen LogP contribution >= 0.6 is 0 Å². The zero-order valence-corrected chi connectivity index (χ0v) is 27.6. The molecule has 2 aromatic heterocycles. The zero-order chi connectivity index (χ0) is 32.7. The SMILES string of the molecule is COC[C@@H]1CN(C(=O)O)[C@](c2ncc(-c3ccc4c(c3)COc3cc5c(ccc6nc([C@@H]7CC[C@H](C)N7)[nH]c65)cc3-4)[nH]2)(C(C)(C)C)C1. The van der Waals surface area contributed by atoms with Crippen molar-refractivity contribution in [1.82, 2.24) is 30.2 Å². The molecule has 1 amide bonds. The number of amides is 1. The molecule has 244 valence electrons. The van der Waals surface area contributed by atoms with Gasteiger partial charge in [-0.1, -0.05) is 39.0 Å². The minimum Gasteiger partial charge on any atom is -0.488 e. The van der Waals surface area contributed by atoms with Crippen LogP contribution in [0.3, 0.4) is 0 Å². The van der Waals surface area contributed by atoms with Crippen LogP contribution in [0.15, 0.2) is 48.7 Å². The Morgan fingerprint density at radius 1 is 1.13 bits per heavy atom. The lowest BCUT2D eigenvalue weighted by Crippen LogP contribution is -2.53. The molecule has 5 heterocycles. The molecular formula is C37H42N6O4. The molecule has 3 aliphatic heterocycles. The third-order valence-electron chi connectivity index (χ3n) is 10.7. The number of hydrogen-bond acceptors (Lipinski definition) is 6. The fourth-order valence-electron chi connectivity index (χ4n) is 8.35. The molecule has 10 nitrogen and oxygen atoms in total. The minimum atomic E-state index is -0.942. The minimum absolute atomic E-state index is 0.0838. The van der Waals surface area contributed by atoms with E-state index in [1.165, 1.54) is 0 Å². The molecular weight excluding hydrogens is 592 g/mol. The molecule has 0 saturated carbocycles. The van der Waals surface area contributed by atoms with E-state index >= 15 is 0 Å². The van der Waals surface area contributed by atoms with Crippen LogP contribution in [-0.4, -0.2) is 62.3 Å². The molecule has 0 bridgehead atoms. The van der Waals surface area contributed by atoms with Crippen LogP contribution in [0.1, 0.15) is 70.2 Å². The molecule has 4 N–H and O–H groups in total. The third kappa shape index (κ3) is 4.71. The molecule has 2 fully saturated rings. The number of H-pyrrole nitrogens is 2. The molecule has 0 aliphatic carbocycles. The molecule has 3 aromatic carbocycles. The van der Waals surface area contributed by atoms with Gasteiger partial charge >= 0.3 is 6.09 Å². The van der Waals surface area contributed by atoms with Crippen molar-refractivity contribution in [1.29, 1.82) is 0 Å². The number of nitrogens with one attached hydrogen (secondary N) is 3. The lowest BCUT2D eigenvalue weighted by Gasteiger charge is -2.45. The van der Waals surface area contributed by atoms with Crippen LogP contribution in [-0.2, 0) is 16.9 Å². The van der Waals surface area contributed by atoms with Crippen molar-refractivity contribution in [2.45, 2.75) is 71.2 Å². The van der Waals surface area contributed by atoms with Gasteiger partial charge in [-0.25, -0.2) is 14.8 Å². The molecule has 0 radical (unpaired) electrons. The van der Waals surface area contributed by atoms with Crippen LogP contribution in [0.2, 0.25) is 0 Å². The number of likely N-dealkylation sites (tertiary alicyclic amines) is 1. The smallest absolute Gasteiger partial charge is 0.408 e. The van der Waals surface area contributed by atoms with Crippen molar-refractivity contribution in [2.75, 3.05) is 20.3 Å². The Hall–Kier alpha value is -4.41. The summed E-state index contributed by atoms with van der Waals surface area (Å²) in [4.78, 5) is 31.1. The molecule has 4 atom stereocenters. The Morgan fingerprint density at radius 3 is 2.72 bits per heavy atom. The van der Waals surface area contributed by atoms with Crippen LogP contribution in [0.5, 0.6) is 5.75 Å². The van der Waals surface area contributed by atoms with E-state index in [9.17, 15) is 9.90 Å². The third-order valence-corrected chi connectivity index (χ3v) is 10.7. The highest BCUT2D eigenvalue weighted by atomic mass is 16.5. The average molecular weight is 635 g/mol. The van der Waals surface area contributed by atoms with Gasteiger partial charge in [-0.3, -0.25) is 4.90 Å². The fraction of sp³-hybridized carbons (Fsp3) is 0.432. The van der Waals surface area contributed by atoms with Gasteiger partial charge < -0.3 is 29.9 Å². The standard InChI is InChI=1S/C37H42N6O4/c1-20-6-10-29(39-20)33-40-28-11-8-22-13-27-25-9-7-23(12-24(25)19-47-31(27)14-26(22)32(28)42-33)30-16-38-34(41-30)37(36(2,3)4)15-21(18-46-5)17-43(37)35(44)45/h7-9,11-14,16,20-21,29,39H,6,10,15,17-19H2,1-5H3,(H,38,41)(H,40,42)(H,44,45)/t20-,21-,29-,37+/m0/s1. The molecule has 0 spiro atoms. The van der Waals surface area contributed by atoms with Gasteiger partial charge in [0.1, 0.15) is 29.5 Å². The highest BCUT2D eigenvalue weighted by Gasteiger charge is 2.58. The van der Waals surface area contributed by atoms with E-state index in [2.05, 4.69) is 85.4 Å². The lowest BCUT2D eigenvalue weighted by molar-refractivity contribution is 0.0213. The summed E-state index contributed by atoms with van der Waals surface area (Å²) in [6.07, 6.45) is 3.76. The number of benzene rings is 3. The summed E-state index contributed by atoms with van der Waals surface area (Å²) in [6, 6.07) is 15.8. The van der Waals surface area contributed by atoms with E-state index in [0.29, 0.717) is 38.0 Å². The Morgan fingerprint density at radius 2 is 1.98 bits per heavy atom. The van der Waals surface area contributed by atoms with E-state index in [-0.39, 0.29) is 12.0 Å². The summed E-state index contributed by atoms with van der Waals surface area (Å²) < 4.78 is 11.8. The van der Waals surface area contributed by atoms with Gasteiger partial charge in [-0.15, -0.1) is 0 Å². The first-order chi connectivity index (χ1) is 22.6. The predicted octanol–water partition coefficient (Wildman–Crippen LogP) is 7.37. The number of carboxylic acid groups (broad SMARTS) is 1. The van der Waals surface area contributed by atoms with E-state index in [4.69, 9.17) is 19.4 Å². The predicted molar refractivity (Wildman–Crippen MR) is 181 cm³/mol. The maximum Gasteiger partial charge on any atom is 0.408 e. The highest BCUT2D eigenvalue weighted by molar-refractivity contribution is 6.07. The first kappa shape index (κ1) is 30.0. The van der Waals surface area contributed by atoms with Crippen molar-refractivity contribution >= 4 is 27.9 Å². The molecule has 10 heteroatoms. The summed E-state index contributed by atoms with van der Waals surface area (Å²) in [5.41, 5.74) is 5.93. The van der Waals surface area contributed by atoms with Gasteiger partial charge in [0.05, 0.1) is 35.6 Å². The van der Waals surface area contributed by atoms with E-state index in [0.717, 1.165) is 74.2 Å². The maximum atomic E-state index is 12.6. The van der Waals surface area contributed by atoms with Gasteiger partial charge in [0.25, 0.3) is 0 Å². The van der Waals surface area contributed by atoms with Crippen LogP contribution < -0.4 is 10.1 Å². The number of carbonyl (C=O) groups is 1. The summed E-state index contributed by atoms with van der Waals surface area (Å²) in [5, 5.41) is 16.2. The normalized spacial score (nSPS) is 24.1. The first-order valence-corrected chi connectivity index (χ1v) is 16.6. The Kier molecular flexibility index (Phi) is 6.89. The first-order valence-electron chi connectivity index (χ1n) is 16.6. The number of ether oxygens (including phenoxy) is 2. The summed E-state index contributed by atoms with van der Waals surface area (Å²) >= 11 is 0. The second-order valence-electron chi connectivity index (χ2n) is 14.7. The quantitative estimate of drug-likeness (QED) is 0.159. The fourth-order valence-corrected chi connectivity index (χ4v) is 8.35. The number of rotatable bonds is 5. The summed E-state index contributed by atoms with van der Waals surface area (Å²) in [7, 11) is 1.66. The van der Waals surface area contributed by atoms with E-state index in [1.807, 2.05) is 6.20 Å². The number of aromatic nitrogens is 4. The summed E-state index contributed by atoms with van der Waals surface area (Å²) in [5.74, 6) is 2.62. The monoisotopic (exact) mass is 634 g/mol. The number of hydrogen-bond donors (Lipinski definition) is 4. The highest BCUT2D eigenvalue weighted by Crippen LogP contribution is 2.52. The van der Waals surface area contributed by atoms with E-state index in [1.54, 1.807) is 12.0 Å². The molecule has 5 aromatic rings.